The number of hydrogen-bond donors (Lipinski definition) is 2. The summed E-state index contributed by atoms with van der Waals surface area (Å²) in [5.74, 6) is 0. The summed E-state index contributed by atoms with van der Waals surface area (Å²) in [6.07, 6.45) is 0. The van der Waals surface area contributed by atoms with Crippen LogP contribution in [-0.4, -0.2) is 6.54 Å². The summed E-state index contributed by atoms with van der Waals surface area (Å²) in [6.45, 7) is 0.480. The van der Waals surface area contributed by atoms with Gasteiger partial charge in [-0.25, -0.2) is 0 Å². The molecule has 0 saturated carbocycles. The van der Waals surface area contributed by atoms with Crippen molar-refractivity contribution in [1.82, 2.24) is 0 Å². The van der Waals surface area contributed by atoms with Crippen molar-refractivity contribution < 1.29 is 0 Å². The van der Waals surface area contributed by atoms with Crippen LogP contribution >= 0.6 is 49.6 Å². The normalized spacial score (nSPS) is 10.1. The molecule has 0 aromatic heterocycles. The standard InChI is InChI=1S/C12H14N2.4ClH/c13-8-12(14)11-7-3-5-9-4-1-2-6-10(9)11;;;;/h1-7,12H,8,13-14H2;4*1H. The number of benzene rings is 2. The summed E-state index contributed by atoms with van der Waals surface area (Å²) < 4.78 is 0. The lowest BCUT2D eigenvalue weighted by Gasteiger charge is -2.12. The highest BCUT2D eigenvalue weighted by Crippen LogP contribution is 2.22. The van der Waals surface area contributed by atoms with Crippen LogP contribution in [0.15, 0.2) is 42.5 Å². The molecule has 0 saturated heterocycles. The van der Waals surface area contributed by atoms with Gasteiger partial charge in [0.25, 0.3) is 0 Å². The smallest absolute Gasteiger partial charge is 0.0425 e. The van der Waals surface area contributed by atoms with Crippen molar-refractivity contribution in [2.75, 3.05) is 6.54 Å². The second-order valence-corrected chi connectivity index (χ2v) is 3.41. The monoisotopic (exact) mass is 330 g/mol. The molecule has 2 nitrogen and oxygen atoms in total. The zero-order valence-electron chi connectivity index (χ0n) is 9.61. The fraction of sp³-hybridized carbons (Fsp3) is 0.167. The van der Waals surface area contributed by atoms with E-state index in [1.165, 1.54) is 10.8 Å². The van der Waals surface area contributed by atoms with Crippen molar-refractivity contribution in [3.05, 3.63) is 48.0 Å². The summed E-state index contributed by atoms with van der Waals surface area (Å²) in [7, 11) is 0. The maximum atomic E-state index is 5.94. The van der Waals surface area contributed by atoms with Crippen LogP contribution in [0.4, 0.5) is 0 Å². The highest BCUT2D eigenvalue weighted by molar-refractivity contribution is 5.86. The Kier molecular flexibility index (Phi) is 13.6. The number of halogens is 4. The molecule has 0 bridgehead atoms. The van der Waals surface area contributed by atoms with E-state index in [0.29, 0.717) is 6.54 Å². The number of nitrogens with two attached hydrogens (primary N) is 2. The van der Waals surface area contributed by atoms with E-state index >= 15 is 0 Å². The molecule has 0 amide bonds. The molecule has 1 atom stereocenters. The lowest BCUT2D eigenvalue weighted by Crippen LogP contribution is -2.20. The highest BCUT2D eigenvalue weighted by atomic mass is 35.5. The van der Waals surface area contributed by atoms with Gasteiger partial charge in [-0.1, -0.05) is 42.5 Å². The number of hydrogen-bond acceptors (Lipinski definition) is 2. The Morgan fingerprint density at radius 1 is 0.833 bits per heavy atom. The molecular weight excluding hydrogens is 314 g/mol. The molecule has 0 aliphatic heterocycles. The predicted molar refractivity (Wildman–Crippen MR) is 88.9 cm³/mol. The Balaban J connectivity index is -0.000000562. The van der Waals surface area contributed by atoms with E-state index in [0.717, 1.165) is 5.56 Å². The van der Waals surface area contributed by atoms with E-state index in [1.807, 2.05) is 24.3 Å². The van der Waals surface area contributed by atoms with Crippen LogP contribution in [0, 0.1) is 0 Å². The lowest BCUT2D eigenvalue weighted by atomic mass is 9.99. The Bertz CT molecular complexity index is 446. The van der Waals surface area contributed by atoms with Crippen LogP contribution < -0.4 is 11.5 Å². The first-order chi connectivity index (χ1) is 6.83. The van der Waals surface area contributed by atoms with Gasteiger partial charge in [-0.3, -0.25) is 0 Å². The average molecular weight is 332 g/mol. The maximum Gasteiger partial charge on any atom is 0.0425 e. The Morgan fingerprint density at radius 2 is 1.39 bits per heavy atom. The molecule has 2 rings (SSSR count). The van der Waals surface area contributed by atoms with Crippen molar-refractivity contribution >= 4 is 60.4 Å². The topological polar surface area (TPSA) is 52.0 Å². The zero-order valence-corrected chi connectivity index (χ0v) is 12.9. The minimum atomic E-state index is -0.0684. The van der Waals surface area contributed by atoms with E-state index in [4.69, 9.17) is 11.5 Å². The largest absolute Gasteiger partial charge is 0.329 e. The van der Waals surface area contributed by atoms with Crippen molar-refractivity contribution in [2.45, 2.75) is 6.04 Å². The molecule has 0 aliphatic carbocycles. The van der Waals surface area contributed by atoms with Gasteiger partial charge in [-0.05, 0) is 16.3 Å². The molecule has 0 aliphatic rings. The molecule has 1 unspecified atom stereocenters. The van der Waals surface area contributed by atoms with Crippen LogP contribution in [0.1, 0.15) is 11.6 Å². The minimum Gasteiger partial charge on any atom is -0.329 e. The van der Waals surface area contributed by atoms with Gasteiger partial charge in [0.15, 0.2) is 0 Å². The summed E-state index contributed by atoms with van der Waals surface area (Å²) in [4.78, 5) is 0. The van der Waals surface area contributed by atoms with Gasteiger partial charge in [0.1, 0.15) is 0 Å². The van der Waals surface area contributed by atoms with Gasteiger partial charge in [-0.2, -0.15) is 0 Å². The molecular formula is C12H18Cl4N2. The van der Waals surface area contributed by atoms with Crippen LogP contribution in [0.5, 0.6) is 0 Å². The second kappa shape index (κ2) is 10.7. The van der Waals surface area contributed by atoms with Crippen molar-refractivity contribution in [3.63, 3.8) is 0 Å². The van der Waals surface area contributed by atoms with Crippen molar-refractivity contribution in [1.29, 1.82) is 0 Å². The van der Waals surface area contributed by atoms with Gasteiger partial charge in [0.2, 0.25) is 0 Å². The lowest BCUT2D eigenvalue weighted by molar-refractivity contribution is 0.743. The highest BCUT2D eigenvalue weighted by Gasteiger charge is 2.06. The maximum absolute atomic E-state index is 5.94. The first-order valence-electron chi connectivity index (χ1n) is 4.76. The number of fused-ring (bicyclic) bond motifs is 1. The zero-order chi connectivity index (χ0) is 9.97. The van der Waals surface area contributed by atoms with E-state index < -0.39 is 0 Å². The Labute approximate surface area is 132 Å². The second-order valence-electron chi connectivity index (χ2n) is 3.41. The minimum absolute atomic E-state index is 0. The first kappa shape index (κ1) is 22.9. The van der Waals surface area contributed by atoms with E-state index in [1.54, 1.807) is 0 Å². The molecule has 0 radical (unpaired) electrons. The van der Waals surface area contributed by atoms with Crippen LogP contribution in [-0.2, 0) is 0 Å². The Morgan fingerprint density at radius 3 is 2.00 bits per heavy atom. The van der Waals surface area contributed by atoms with E-state index in [9.17, 15) is 0 Å². The molecule has 6 heteroatoms. The molecule has 0 spiro atoms. The number of rotatable bonds is 2. The SMILES string of the molecule is Cl.Cl.Cl.Cl.NCC(N)c1cccc2ccccc12. The summed E-state index contributed by atoms with van der Waals surface area (Å²) in [5.41, 5.74) is 12.6. The molecule has 4 N–H and O–H groups in total. The molecule has 0 fully saturated rings. The quantitative estimate of drug-likeness (QED) is 0.885. The average Bonchev–Trinajstić information content (AvgIpc) is 2.27. The fourth-order valence-corrected chi connectivity index (χ4v) is 1.70. The molecule has 2 aromatic carbocycles. The van der Waals surface area contributed by atoms with Gasteiger partial charge >= 0.3 is 0 Å². The van der Waals surface area contributed by atoms with Gasteiger partial charge in [0, 0.05) is 12.6 Å². The molecule has 2 aromatic rings. The summed E-state index contributed by atoms with van der Waals surface area (Å²) in [5, 5.41) is 2.42. The van der Waals surface area contributed by atoms with Crippen LogP contribution in [0.25, 0.3) is 10.8 Å². The van der Waals surface area contributed by atoms with Crippen molar-refractivity contribution in [2.24, 2.45) is 11.5 Å². The predicted octanol–water partition coefficient (Wildman–Crippen LogP) is 3.49. The van der Waals surface area contributed by atoms with Gasteiger partial charge < -0.3 is 11.5 Å². The first-order valence-corrected chi connectivity index (χ1v) is 4.76. The third-order valence-electron chi connectivity index (χ3n) is 2.48. The van der Waals surface area contributed by atoms with Crippen LogP contribution in [0.3, 0.4) is 0 Å². The van der Waals surface area contributed by atoms with Crippen molar-refractivity contribution in [3.8, 4) is 0 Å². The molecule has 0 heterocycles. The summed E-state index contributed by atoms with van der Waals surface area (Å²) in [6, 6.07) is 14.3. The molecule has 18 heavy (non-hydrogen) atoms. The fourth-order valence-electron chi connectivity index (χ4n) is 1.70. The molecule has 104 valence electrons. The van der Waals surface area contributed by atoms with E-state index in [-0.39, 0.29) is 55.7 Å². The van der Waals surface area contributed by atoms with Crippen LogP contribution in [0.2, 0.25) is 0 Å². The van der Waals surface area contributed by atoms with E-state index in [2.05, 4.69) is 18.2 Å². The van der Waals surface area contributed by atoms with Gasteiger partial charge in [-0.15, -0.1) is 49.6 Å². The Hall–Kier alpha value is -0.220. The third-order valence-corrected chi connectivity index (χ3v) is 2.48. The summed E-state index contributed by atoms with van der Waals surface area (Å²) >= 11 is 0. The third kappa shape index (κ3) is 4.81. The van der Waals surface area contributed by atoms with Gasteiger partial charge in [0.05, 0.1) is 0 Å².